The SMILES string of the molecule is CCC(CC)n1ccc2c(C(=O)CCC3=C(C)C=C(C)CC3=O)cc(C#N)cc21. The quantitative estimate of drug-likeness (QED) is 0.541. The Hall–Kier alpha value is -2.93. The number of nitriles is 1. The number of carbonyl (C=O) groups is 2. The lowest BCUT2D eigenvalue weighted by molar-refractivity contribution is -0.115. The fraction of sp³-hybridized carbons (Fsp3) is 0.400. The second-order valence-corrected chi connectivity index (χ2v) is 7.94. The minimum Gasteiger partial charge on any atom is -0.344 e. The molecule has 1 aliphatic carbocycles. The zero-order chi connectivity index (χ0) is 21.1. The van der Waals surface area contributed by atoms with E-state index in [2.05, 4.69) is 24.5 Å². The Labute approximate surface area is 172 Å². The molecule has 0 atom stereocenters. The van der Waals surface area contributed by atoms with E-state index in [1.165, 1.54) is 0 Å². The molecule has 0 aliphatic heterocycles. The van der Waals surface area contributed by atoms with Crippen LogP contribution < -0.4 is 0 Å². The Bertz CT molecular complexity index is 1070. The van der Waals surface area contributed by atoms with Crippen LogP contribution in [0.5, 0.6) is 0 Å². The summed E-state index contributed by atoms with van der Waals surface area (Å²) in [6.07, 6.45) is 7.18. The van der Waals surface area contributed by atoms with Gasteiger partial charge in [-0.15, -0.1) is 0 Å². The first-order valence-corrected chi connectivity index (χ1v) is 10.4. The second-order valence-electron chi connectivity index (χ2n) is 7.94. The third-order valence-corrected chi connectivity index (χ3v) is 5.92. The van der Waals surface area contributed by atoms with Crippen molar-refractivity contribution < 1.29 is 9.59 Å². The van der Waals surface area contributed by atoms with Gasteiger partial charge in [-0.25, -0.2) is 0 Å². The molecular formula is C25H28N2O2. The molecule has 1 aromatic carbocycles. The molecule has 0 spiro atoms. The van der Waals surface area contributed by atoms with E-state index in [4.69, 9.17) is 0 Å². The highest BCUT2D eigenvalue weighted by atomic mass is 16.1. The van der Waals surface area contributed by atoms with Gasteiger partial charge >= 0.3 is 0 Å². The lowest BCUT2D eigenvalue weighted by atomic mass is 9.88. The summed E-state index contributed by atoms with van der Waals surface area (Å²) in [6, 6.07) is 8.07. The number of carbonyl (C=O) groups excluding carboxylic acids is 2. The van der Waals surface area contributed by atoms with Gasteiger partial charge in [0.05, 0.1) is 17.1 Å². The molecule has 0 N–H and O–H groups in total. The predicted molar refractivity (Wildman–Crippen MR) is 116 cm³/mol. The van der Waals surface area contributed by atoms with Gasteiger partial charge in [0.15, 0.2) is 11.6 Å². The fourth-order valence-electron chi connectivity index (χ4n) is 4.35. The first kappa shape index (κ1) is 20.8. The molecule has 0 bridgehead atoms. The van der Waals surface area contributed by atoms with Crippen molar-refractivity contribution in [1.29, 1.82) is 5.26 Å². The van der Waals surface area contributed by atoms with Crippen LogP contribution in [0.15, 0.2) is 47.2 Å². The molecule has 29 heavy (non-hydrogen) atoms. The molecular weight excluding hydrogens is 360 g/mol. The van der Waals surface area contributed by atoms with Crippen molar-refractivity contribution in [3.63, 3.8) is 0 Å². The van der Waals surface area contributed by atoms with Crippen LogP contribution in [0, 0.1) is 11.3 Å². The van der Waals surface area contributed by atoms with Gasteiger partial charge in [-0.1, -0.05) is 25.5 Å². The van der Waals surface area contributed by atoms with Gasteiger partial charge in [-0.05, 0) is 62.5 Å². The standard InChI is InChI=1S/C25H28N2O2/c1-5-19(6-2)27-10-9-21-22(13-18(15-26)14-23(21)27)24(28)8-7-20-17(4)11-16(3)12-25(20)29/h9-11,13-14,19H,5-8,12H2,1-4H3. The average molecular weight is 389 g/mol. The van der Waals surface area contributed by atoms with Gasteiger partial charge in [0, 0.05) is 36.0 Å². The minimum atomic E-state index is -0.0197. The van der Waals surface area contributed by atoms with Gasteiger partial charge in [-0.3, -0.25) is 9.59 Å². The molecule has 4 heteroatoms. The number of hydrogen-bond acceptors (Lipinski definition) is 3. The van der Waals surface area contributed by atoms with E-state index in [0.717, 1.165) is 40.5 Å². The summed E-state index contributed by atoms with van der Waals surface area (Å²) in [6.45, 7) is 8.18. The van der Waals surface area contributed by atoms with Gasteiger partial charge in [0.2, 0.25) is 0 Å². The fourth-order valence-corrected chi connectivity index (χ4v) is 4.35. The number of hydrogen-bond donors (Lipinski definition) is 0. The molecule has 0 amide bonds. The van der Waals surface area contributed by atoms with E-state index in [9.17, 15) is 14.9 Å². The van der Waals surface area contributed by atoms with Crippen LogP contribution >= 0.6 is 0 Å². The summed E-state index contributed by atoms with van der Waals surface area (Å²) in [5.74, 6) is 0.0971. The zero-order valence-electron chi connectivity index (χ0n) is 17.7. The second kappa shape index (κ2) is 8.61. The van der Waals surface area contributed by atoms with E-state index < -0.39 is 0 Å². The number of allylic oxidation sites excluding steroid dienone is 4. The maximum Gasteiger partial charge on any atom is 0.163 e. The Kier molecular flexibility index (Phi) is 6.17. The lowest BCUT2D eigenvalue weighted by Crippen LogP contribution is -2.12. The normalized spacial score (nSPS) is 14.5. The lowest BCUT2D eigenvalue weighted by Gasteiger charge is -2.17. The summed E-state index contributed by atoms with van der Waals surface area (Å²) in [4.78, 5) is 25.5. The summed E-state index contributed by atoms with van der Waals surface area (Å²) in [7, 11) is 0. The number of aromatic nitrogens is 1. The summed E-state index contributed by atoms with van der Waals surface area (Å²) >= 11 is 0. The molecule has 0 unspecified atom stereocenters. The molecule has 0 saturated carbocycles. The first-order chi connectivity index (χ1) is 13.9. The van der Waals surface area contributed by atoms with Crippen molar-refractivity contribution in [2.75, 3.05) is 0 Å². The van der Waals surface area contributed by atoms with Crippen LogP contribution in [-0.4, -0.2) is 16.1 Å². The highest BCUT2D eigenvalue weighted by Crippen LogP contribution is 2.30. The molecule has 3 rings (SSSR count). The Morgan fingerprint density at radius 2 is 1.97 bits per heavy atom. The van der Waals surface area contributed by atoms with Crippen LogP contribution in [0.2, 0.25) is 0 Å². The largest absolute Gasteiger partial charge is 0.344 e. The van der Waals surface area contributed by atoms with Crippen molar-refractivity contribution in [2.24, 2.45) is 0 Å². The third kappa shape index (κ3) is 4.10. The van der Waals surface area contributed by atoms with Crippen molar-refractivity contribution in [3.8, 4) is 6.07 Å². The number of fused-ring (bicyclic) bond motifs is 1. The van der Waals surface area contributed by atoms with Crippen molar-refractivity contribution >= 4 is 22.5 Å². The molecule has 150 valence electrons. The highest BCUT2D eigenvalue weighted by Gasteiger charge is 2.21. The van der Waals surface area contributed by atoms with E-state index in [-0.39, 0.29) is 18.0 Å². The number of Topliss-reactive ketones (excluding diaryl/α,β-unsaturated/α-hetero) is 2. The number of ketones is 2. The molecule has 2 aromatic rings. The van der Waals surface area contributed by atoms with Gasteiger partial charge in [-0.2, -0.15) is 5.26 Å². The van der Waals surface area contributed by atoms with Crippen LogP contribution in [0.3, 0.4) is 0 Å². The van der Waals surface area contributed by atoms with Crippen molar-refractivity contribution in [2.45, 2.75) is 65.8 Å². The van der Waals surface area contributed by atoms with Gasteiger partial charge < -0.3 is 4.57 Å². The van der Waals surface area contributed by atoms with Gasteiger partial charge in [0.1, 0.15) is 0 Å². The predicted octanol–water partition coefficient (Wildman–Crippen LogP) is 6.07. The van der Waals surface area contributed by atoms with Crippen LogP contribution in [0.1, 0.15) is 81.8 Å². The monoisotopic (exact) mass is 388 g/mol. The zero-order valence-corrected chi connectivity index (χ0v) is 17.7. The molecule has 0 saturated heterocycles. The Balaban J connectivity index is 1.95. The molecule has 1 aliphatic rings. The molecule has 0 radical (unpaired) electrons. The van der Waals surface area contributed by atoms with Crippen LogP contribution in [-0.2, 0) is 4.79 Å². The van der Waals surface area contributed by atoms with Crippen LogP contribution in [0.4, 0.5) is 0 Å². The maximum absolute atomic E-state index is 13.1. The smallest absolute Gasteiger partial charge is 0.163 e. The Morgan fingerprint density at radius 1 is 1.24 bits per heavy atom. The number of benzene rings is 1. The van der Waals surface area contributed by atoms with Gasteiger partial charge in [0.25, 0.3) is 0 Å². The van der Waals surface area contributed by atoms with Crippen molar-refractivity contribution in [3.05, 3.63) is 58.3 Å². The first-order valence-electron chi connectivity index (χ1n) is 10.4. The average Bonchev–Trinajstić information content (AvgIpc) is 3.11. The number of nitrogens with zero attached hydrogens (tertiary/aromatic N) is 2. The molecule has 0 fully saturated rings. The third-order valence-electron chi connectivity index (χ3n) is 5.92. The molecule has 4 nitrogen and oxygen atoms in total. The summed E-state index contributed by atoms with van der Waals surface area (Å²) in [5.41, 5.74) is 4.79. The highest BCUT2D eigenvalue weighted by molar-refractivity contribution is 6.09. The van der Waals surface area contributed by atoms with Crippen molar-refractivity contribution in [1.82, 2.24) is 4.57 Å². The summed E-state index contributed by atoms with van der Waals surface area (Å²) < 4.78 is 2.18. The van der Waals surface area contributed by atoms with Crippen LogP contribution in [0.25, 0.3) is 10.9 Å². The topological polar surface area (TPSA) is 62.9 Å². The Morgan fingerprint density at radius 3 is 2.59 bits per heavy atom. The summed E-state index contributed by atoms with van der Waals surface area (Å²) in [5, 5.41) is 10.4. The minimum absolute atomic E-state index is 0.0197. The van der Waals surface area contributed by atoms with E-state index in [0.29, 0.717) is 30.0 Å². The maximum atomic E-state index is 13.1. The molecule has 1 heterocycles. The van der Waals surface area contributed by atoms with E-state index in [1.54, 1.807) is 6.07 Å². The molecule has 1 aromatic heterocycles. The van der Waals surface area contributed by atoms with E-state index in [1.807, 2.05) is 38.3 Å². The van der Waals surface area contributed by atoms with E-state index >= 15 is 0 Å². The number of rotatable bonds is 7.